The molecular formula is C15H23NO. The van der Waals surface area contributed by atoms with Gasteiger partial charge in [0.1, 0.15) is 5.75 Å². The summed E-state index contributed by atoms with van der Waals surface area (Å²) < 4.78 is 5.79. The molecule has 0 saturated heterocycles. The van der Waals surface area contributed by atoms with E-state index in [4.69, 9.17) is 10.5 Å². The summed E-state index contributed by atoms with van der Waals surface area (Å²) in [6.45, 7) is 5.27. The van der Waals surface area contributed by atoms with Crippen LogP contribution in [0.5, 0.6) is 5.75 Å². The van der Waals surface area contributed by atoms with Crippen LogP contribution < -0.4 is 10.5 Å². The van der Waals surface area contributed by atoms with Crippen LogP contribution in [-0.2, 0) is 6.42 Å². The maximum absolute atomic E-state index is 6.30. The van der Waals surface area contributed by atoms with Crippen LogP contribution in [0.3, 0.4) is 0 Å². The molecule has 0 saturated carbocycles. The van der Waals surface area contributed by atoms with E-state index in [1.807, 2.05) is 12.1 Å². The minimum Gasteiger partial charge on any atom is -0.493 e. The lowest BCUT2D eigenvalue weighted by atomic mass is 9.86. The topological polar surface area (TPSA) is 35.2 Å². The van der Waals surface area contributed by atoms with Gasteiger partial charge in [-0.25, -0.2) is 0 Å². The number of hydrogen-bond acceptors (Lipinski definition) is 2. The molecule has 2 heteroatoms. The Labute approximate surface area is 104 Å². The minimum absolute atomic E-state index is 0.262. The number of hydrogen-bond donors (Lipinski definition) is 1. The molecule has 0 amide bonds. The molecule has 0 radical (unpaired) electrons. The van der Waals surface area contributed by atoms with Crippen molar-refractivity contribution < 1.29 is 4.74 Å². The molecule has 2 rings (SSSR count). The molecule has 1 aromatic carbocycles. The van der Waals surface area contributed by atoms with E-state index in [2.05, 4.69) is 26.0 Å². The zero-order valence-electron chi connectivity index (χ0n) is 10.9. The maximum Gasteiger partial charge on any atom is 0.122 e. The van der Waals surface area contributed by atoms with E-state index in [-0.39, 0.29) is 6.04 Å². The highest BCUT2D eigenvalue weighted by Crippen LogP contribution is 2.29. The predicted molar refractivity (Wildman–Crippen MR) is 71.2 cm³/mol. The van der Waals surface area contributed by atoms with Crippen molar-refractivity contribution in [1.29, 1.82) is 0 Å². The summed E-state index contributed by atoms with van der Waals surface area (Å²) in [4.78, 5) is 0. The van der Waals surface area contributed by atoms with Crippen molar-refractivity contribution in [3.05, 3.63) is 29.8 Å². The molecular weight excluding hydrogens is 210 g/mol. The quantitative estimate of drug-likeness (QED) is 0.867. The first-order chi connectivity index (χ1) is 8.20. The molecule has 1 heterocycles. The van der Waals surface area contributed by atoms with E-state index in [9.17, 15) is 0 Å². The molecule has 0 fully saturated rings. The molecule has 1 aliphatic rings. The Morgan fingerprint density at radius 1 is 1.41 bits per heavy atom. The smallest absolute Gasteiger partial charge is 0.122 e. The van der Waals surface area contributed by atoms with Gasteiger partial charge < -0.3 is 10.5 Å². The van der Waals surface area contributed by atoms with Gasteiger partial charge in [-0.1, -0.05) is 38.5 Å². The highest BCUT2D eigenvalue weighted by atomic mass is 16.5. The van der Waals surface area contributed by atoms with E-state index in [0.717, 1.165) is 25.2 Å². The number of ether oxygens (including phenoxy) is 1. The average Bonchev–Trinajstić information content (AvgIpc) is 2.38. The largest absolute Gasteiger partial charge is 0.493 e. The van der Waals surface area contributed by atoms with Gasteiger partial charge in [-0.15, -0.1) is 0 Å². The van der Waals surface area contributed by atoms with Gasteiger partial charge in [-0.3, -0.25) is 0 Å². The Kier molecular flexibility index (Phi) is 4.06. The van der Waals surface area contributed by atoms with E-state index in [1.54, 1.807) is 0 Å². The molecule has 1 aliphatic heterocycles. The number of para-hydroxylation sites is 1. The standard InChI is InChI=1S/C15H23NO/c1-3-11(2)8-14(16)13-9-12-6-4-5-7-15(12)17-10-13/h4-7,11,13-14H,3,8-10,16H2,1-2H3. The fourth-order valence-electron chi connectivity index (χ4n) is 2.45. The van der Waals surface area contributed by atoms with Crippen LogP contribution >= 0.6 is 0 Å². The summed E-state index contributed by atoms with van der Waals surface area (Å²) in [6, 6.07) is 8.56. The Balaban J connectivity index is 1.97. The second-order valence-corrected chi connectivity index (χ2v) is 5.30. The van der Waals surface area contributed by atoms with Crippen molar-refractivity contribution in [3.63, 3.8) is 0 Å². The van der Waals surface area contributed by atoms with Crippen molar-refractivity contribution in [3.8, 4) is 5.75 Å². The first-order valence-electron chi connectivity index (χ1n) is 6.67. The van der Waals surface area contributed by atoms with Crippen molar-refractivity contribution in [1.82, 2.24) is 0 Å². The number of benzene rings is 1. The summed E-state index contributed by atoms with van der Waals surface area (Å²) in [5.74, 6) is 2.22. The first kappa shape index (κ1) is 12.4. The van der Waals surface area contributed by atoms with Gasteiger partial charge in [0.15, 0.2) is 0 Å². The molecule has 0 aliphatic carbocycles. The predicted octanol–water partition coefficient (Wildman–Crippen LogP) is 3.00. The van der Waals surface area contributed by atoms with Crippen LogP contribution in [0.1, 0.15) is 32.3 Å². The maximum atomic E-state index is 6.30. The molecule has 0 aromatic heterocycles. The van der Waals surface area contributed by atoms with E-state index in [0.29, 0.717) is 11.8 Å². The fourth-order valence-corrected chi connectivity index (χ4v) is 2.45. The molecule has 2 N–H and O–H groups in total. The second-order valence-electron chi connectivity index (χ2n) is 5.30. The Morgan fingerprint density at radius 3 is 2.94 bits per heavy atom. The second kappa shape index (κ2) is 5.54. The van der Waals surface area contributed by atoms with Crippen molar-refractivity contribution in [2.75, 3.05) is 6.61 Å². The van der Waals surface area contributed by atoms with Crippen LogP contribution in [0.15, 0.2) is 24.3 Å². The Hall–Kier alpha value is -1.02. The lowest BCUT2D eigenvalue weighted by Crippen LogP contribution is -2.38. The third-order valence-electron chi connectivity index (χ3n) is 3.88. The highest BCUT2D eigenvalue weighted by Gasteiger charge is 2.25. The summed E-state index contributed by atoms with van der Waals surface area (Å²) in [6.07, 6.45) is 3.37. The van der Waals surface area contributed by atoms with Crippen molar-refractivity contribution in [2.24, 2.45) is 17.6 Å². The van der Waals surface area contributed by atoms with Crippen LogP contribution in [-0.4, -0.2) is 12.6 Å². The van der Waals surface area contributed by atoms with Crippen LogP contribution in [0.4, 0.5) is 0 Å². The summed E-state index contributed by atoms with van der Waals surface area (Å²) in [7, 11) is 0. The summed E-state index contributed by atoms with van der Waals surface area (Å²) in [5.41, 5.74) is 7.61. The zero-order valence-corrected chi connectivity index (χ0v) is 10.9. The SMILES string of the molecule is CCC(C)CC(N)C1COc2ccccc2C1. The molecule has 0 spiro atoms. The normalized spacial score (nSPS) is 22.4. The van der Waals surface area contributed by atoms with Gasteiger partial charge in [0, 0.05) is 12.0 Å². The van der Waals surface area contributed by atoms with Gasteiger partial charge >= 0.3 is 0 Å². The molecule has 1 aromatic rings. The van der Waals surface area contributed by atoms with Crippen molar-refractivity contribution >= 4 is 0 Å². The fraction of sp³-hybridized carbons (Fsp3) is 0.600. The van der Waals surface area contributed by atoms with Gasteiger partial charge in [0.25, 0.3) is 0 Å². The van der Waals surface area contributed by atoms with E-state index >= 15 is 0 Å². The Bertz CT molecular complexity index is 364. The lowest BCUT2D eigenvalue weighted by Gasteiger charge is -2.30. The minimum atomic E-state index is 0.262. The van der Waals surface area contributed by atoms with Crippen molar-refractivity contribution in [2.45, 2.75) is 39.2 Å². The van der Waals surface area contributed by atoms with E-state index in [1.165, 1.54) is 12.0 Å². The summed E-state index contributed by atoms with van der Waals surface area (Å²) in [5, 5.41) is 0. The third-order valence-corrected chi connectivity index (χ3v) is 3.88. The molecule has 0 bridgehead atoms. The average molecular weight is 233 g/mol. The lowest BCUT2D eigenvalue weighted by molar-refractivity contribution is 0.187. The Morgan fingerprint density at radius 2 is 2.18 bits per heavy atom. The first-order valence-corrected chi connectivity index (χ1v) is 6.67. The highest BCUT2D eigenvalue weighted by molar-refractivity contribution is 5.35. The molecule has 3 unspecified atom stereocenters. The van der Waals surface area contributed by atoms with Crippen LogP contribution in [0, 0.1) is 11.8 Å². The van der Waals surface area contributed by atoms with Crippen LogP contribution in [0.2, 0.25) is 0 Å². The number of fused-ring (bicyclic) bond motifs is 1. The number of rotatable bonds is 4. The van der Waals surface area contributed by atoms with Gasteiger partial charge in [0.05, 0.1) is 6.61 Å². The third kappa shape index (κ3) is 3.01. The van der Waals surface area contributed by atoms with Gasteiger partial charge in [-0.05, 0) is 30.4 Å². The zero-order chi connectivity index (χ0) is 12.3. The molecule has 94 valence electrons. The monoisotopic (exact) mass is 233 g/mol. The molecule has 17 heavy (non-hydrogen) atoms. The summed E-state index contributed by atoms with van der Waals surface area (Å²) >= 11 is 0. The molecule has 3 atom stereocenters. The van der Waals surface area contributed by atoms with E-state index < -0.39 is 0 Å². The van der Waals surface area contributed by atoms with Gasteiger partial charge in [-0.2, -0.15) is 0 Å². The van der Waals surface area contributed by atoms with Crippen LogP contribution in [0.25, 0.3) is 0 Å². The molecule has 2 nitrogen and oxygen atoms in total. The number of nitrogens with two attached hydrogens (primary N) is 1. The van der Waals surface area contributed by atoms with Gasteiger partial charge in [0.2, 0.25) is 0 Å².